The van der Waals surface area contributed by atoms with Crippen LogP contribution in [-0.4, -0.2) is 97.6 Å². The van der Waals surface area contributed by atoms with Crippen LogP contribution in [0.2, 0.25) is 0 Å². The van der Waals surface area contributed by atoms with E-state index in [2.05, 4.69) is 22.2 Å². The number of esters is 1. The van der Waals surface area contributed by atoms with Gasteiger partial charge in [-0.2, -0.15) is 0 Å². The lowest BCUT2D eigenvalue weighted by atomic mass is 9.85. The molecule has 1 saturated heterocycles. The van der Waals surface area contributed by atoms with Crippen molar-refractivity contribution in [3.05, 3.63) is 35.9 Å². The molecule has 1 aliphatic heterocycles. The number of amides is 1. The van der Waals surface area contributed by atoms with Gasteiger partial charge < -0.3 is 19.7 Å². The van der Waals surface area contributed by atoms with E-state index in [-0.39, 0.29) is 35.3 Å². The van der Waals surface area contributed by atoms with Crippen LogP contribution in [0, 0.1) is 5.92 Å². The normalized spacial score (nSPS) is 27.2. The summed E-state index contributed by atoms with van der Waals surface area (Å²) >= 11 is 13.3. The summed E-state index contributed by atoms with van der Waals surface area (Å²) in [5.74, 6) is -1.04. The zero-order chi connectivity index (χ0) is 24.5. The first kappa shape index (κ1) is 27.2. The molecule has 0 aromatic heterocycles. The Kier molecular flexibility index (Phi) is 10.9. The molecule has 2 aliphatic rings. The Morgan fingerprint density at radius 2 is 1.74 bits per heavy atom. The molecule has 190 valence electrons. The van der Waals surface area contributed by atoms with E-state index in [1.165, 1.54) is 0 Å². The fraction of sp³-hybridized carbons (Fsp3) is 0.680. The number of nitrogens with zero attached hydrogens (tertiary/aromatic N) is 2. The number of hydrogen-bond donors (Lipinski definition) is 1. The van der Waals surface area contributed by atoms with Crippen molar-refractivity contribution < 1.29 is 19.1 Å². The molecule has 0 radical (unpaired) electrons. The molecule has 1 aliphatic carbocycles. The SMILES string of the molecule is CCOC(=O)[C@H](Cc1ccccc1)NC(=O)C1CC(Cl)C(OCCN2CCN(C)CC2)C(Cl)C1. The van der Waals surface area contributed by atoms with Crippen LogP contribution in [-0.2, 0) is 25.5 Å². The van der Waals surface area contributed by atoms with Crippen molar-refractivity contribution in [2.75, 3.05) is 53.0 Å². The highest BCUT2D eigenvalue weighted by molar-refractivity contribution is 6.25. The highest BCUT2D eigenvalue weighted by atomic mass is 35.5. The maximum atomic E-state index is 13.1. The number of benzene rings is 1. The minimum absolute atomic E-state index is 0.221. The Hall–Kier alpha value is -1.38. The number of nitrogens with one attached hydrogen (secondary N) is 1. The van der Waals surface area contributed by atoms with Crippen LogP contribution in [0.4, 0.5) is 0 Å². The number of halogens is 2. The Morgan fingerprint density at radius 3 is 2.35 bits per heavy atom. The molecular formula is C25H37Cl2N3O4. The van der Waals surface area contributed by atoms with E-state index in [1.807, 2.05) is 30.3 Å². The van der Waals surface area contributed by atoms with Gasteiger partial charge in [0.05, 0.1) is 30.1 Å². The Labute approximate surface area is 213 Å². The number of piperazine rings is 1. The second-order valence-corrected chi connectivity index (χ2v) is 10.3. The Morgan fingerprint density at radius 1 is 1.09 bits per heavy atom. The number of carbonyl (C=O) groups is 2. The van der Waals surface area contributed by atoms with Gasteiger partial charge in [0.2, 0.25) is 5.91 Å². The quantitative estimate of drug-likeness (QED) is 0.382. The number of alkyl halides is 2. The summed E-state index contributed by atoms with van der Waals surface area (Å²) < 4.78 is 11.3. The summed E-state index contributed by atoms with van der Waals surface area (Å²) in [4.78, 5) is 30.3. The van der Waals surface area contributed by atoms with Crippen LogP contribution in [0.5, 0.6) is 0 Å². The molecular weight excluding hydrogens is 477 g/mol. The topological polar surface area (TPSA) is 71.1 Å². The summed E-state index contributed by atoms with van der Waals surface area (Å²) in [6.07, 6.45) is 0.975. The van der Waals surface area contributed by atoms with Gasteiger partial charge in [0.1, 0.15) is 6.04 Å². The van der Waals surface area contributed by atoms with Crippen LogP contribution < -0.4 is 5.32 Å². The monoisotopic (exact) mass is 513 g/mol. The van der Waals surface area contributed by atoms with E-state index in [4.69, 9.17) is 32.7 Å². The van der Waals surface area contributed by atoms with E-state index in [0.29, 0.717) is 25.9 Å². The second-order valence-electron chi connectivity index (χ2n) is 9.18. The summed E-state index contributed by atoms with van der Waals surface area (Å²) in [7, 11) is 2.13. The molecule has 1 heterocycles. The molecule has 1 N–H and O–H groups in total. The number of carbonyl (C=O) groups excluding carboxylic acids is 2. The smallest absolute Gasteiger partial charge is 0.328 e. The van der Waals surface area contributed by atoms with Gasteiger partial charge in [0, 0.05) is 45.1 Å². The summed E-state index contributed by atoms with van der Waals surface area (Å²) in [5, 5.41) is 2.15. The molecule has 2 fully saturated rings. The van der Waals surface area contributed by atoms with Crippen molar-refractivity contribution in [2.45, 2.75) is 49.1 Å². The minimum Gasteiger partial charge on any atom is -0.464 e. The predicted molar refractivity (Wildman–Crippen MR) is 134 cm³/mol. The zero-order valence-electron chi connectivity index (χ0n) is 20.1. The molecule has 3 atom stereocenters. The number of ether oxygens (including phenoxy) is 2. The van der Waals surface area contributed by atoms with Crippen molar-refractivity contribution in [3.63, 3.8) is 0 Å². The number of likely N-dealkylation sites (N-methyl/N-ethyl adjacent to an activating group) is 1. The molecule has 9 heteroatoms. The lowest BCUT2D eigenvalue weighted by Crippen LogP contribution is -2.50. The Bertz CT molecular complexity index is 765. The van der Waals surface area contributed by atoms with Crippen molar-refractivity contribution in [2.24, 2.45) is 5.92 Å². The lowest BCUT2D eigenvalue weighted by molar-refractivity contribution is -0.148. The van der Waals surface area contributed by atoms with Crippen molar-refractivity contribution >= 4 is 35.1 Å². The van der Waals surface area contributed by atoms with Crippen LogP contribution in [0.1, 0.15) is 25.3 Å². The standard InChI is InChI=1S/C25H37Cl2N3O4/c1-3-33-25(32)22(15-18-7-5-4-6-8-18)28-24(31)19-16-20(26)23(21(27)17-19)34-14-13-30-11-9-29(2)10-12-30/h4-8,19-23H,3,9-17H2,1-2H3,(H,28,31)/t19?,20?,21?,22-,23?/m0/s1. The third-order valence-corrected chi connectivity index (χ3v) is 7.44. The van der Waals surface area contributed by atoms with Gasteiger partial charge >= 0.3 is 5.97 Å². The van der Waals surface area contributed by atoms with Crippen LogP contribution in [0.3, 0.4) is 0 Å². The molecule has 0 bridgehead atoms. The summed E-state index contributed by atoms with van der Waals surface area (Å²) in [5.41, 5.74) is 0.948. The highest BCUT2D eigenvalue weighted by Crippen LogP contribution is 2.34. The van der Waals surface area contributed by atoms with E-state index >= 15 is 0 Å². The Balaban J connectivity index is 1.50. The first-order chi connectivity index (χ1) is 16.4. The molecule has 7 nitrogen and oxygen atoms in total. The van der Waals surface area contributed by atoms with E-state index < -0.39 is 12.0 Å². The third kappa shape index (κ3) is 8.09. The van der Waals surface area contributed by atoms with Crippen molar-refractivity contribution in [1.82, 2.24) is 15.1 Å². The van der Waals surface area contributed by atoms with Gasteiger partial charge in [-0.15, -0.1) is 23.2 Å². The average Bonchev–Trinajstić information content (AvgIpc) is 2.82. The van der Waals surface area contributed by atoms with Gasteiger partial charge in [0.25, 0.3) is 0 Å². The molecule has 1 amide bonds. The summed E-state index contributed by atoms with van der Waals surface area (Å²) in [6, 6.07) is 8.81. The molecule has 2 unspecified atom stereocenters. The van der Waals surface area contributed by atoms with Crippen LogP contribution in [0.25, 0.3) is 0 Å². The number of rotatable bonds is 10. The van der Waals surface area contributed by atoms with Gasteiger partial charge in [-0.3, -0.25) is 9.69 Å². The molecule has 1 aromatic rings. The highest BCUT2D eigenvalue weighted by Gasteiger charge is 2.40. The van der Waals surface area contributed by atoms with E-state index in [0.717, 1.165) is 38.3 Å². The fourth-order valence-electron chi connectivity index (χ4n) is 4.52. The van der Waals surface area contributed by atoms with Gasteiger partial charge in [-0.05, 0) is 32.4 Å². The largest absolute Gasteiger partial charge is 0.464 e. The first-order valence-electron chi connectivity index (χ1n) is 12.2. The summed E-state index contributed by atoms with van der Waals surface area (Å²) in [6.45, 7) is 7.62. The number of hydrogen-bond acceptors (Lipinski definition) is 6. The van der Waals surface area contributed by atoms with Crippen LogP contribution in [0.15, 0.2) is 30.3 Å². The zero-order valence-corrected chi connectivity index (χ0v) is 21.6. The van der Waals surface area contributed by atoms with Gasteiger partial charge in [-0.1, -0.05) is 30.3 Å². The fourth-order valence-corrected chi connectivity index (χ4v) is 5.52. The molecule has 0 spiro atoms. The predicted octanol–water partition coefficient (Wildman–Crippen LogP) is 2.53. The van der Waals surface area contributed by atoms with Crippen molar-refractivity contribution in [3.8, 4) is 0 Å². The lowest BCUT2D eigenvalue weighted by Gasteiger charge is -2.37. The van der Waals surface area contributed by atoms with Crippen LogP contribution >= 0.6 is 23.2 Å². The molecule has 3 rings (SSSR count). The average molecular weight is 514 g/mol. The van der Waals surface area contributed by atoms with Gasteiger partial charge in [-0.25, -0.2) is 4.79 Å². The van der Waals surface area contributed by atoms with E-state index in [9.17, 15) is 9.59 Å². The third-order valence-electron chi connectivity index (χ3n) is 6.59. The molecule has 1 aromatic carbocycles. The second kappa shape index (κ2) is 13.6. The van der Waals surface area contributed by atoms with E-state index in [1.54, 1.807) is 6.92 Å². The maximum Gasteiger partial charge on any atom is 0.328 e. The maximum absolute atomic E-state index is 13.1. The first-order valence-corrected chi connectivity index (χ1v) is 13.1. The minimum atomic E-state index is -0.755. The molecule has 34 heavy (non-hydrogen) atoms. The molecule has 1 saturated carbocycles. The van der Waals surface area contributed by atoms with Gasteiger partial charge in [0.15, 0.2) is 0 Å². The van der Waals surface area contributed by atoms with Crippen molar-refractivity contribution in [1.29, 1.82) is 0 Å².